The minimum Gasteiger partial charge on any atom is -0.445 e. The topological polar surface area (TPSA) is 59.1 Å². The van der Waals surface area contributed by atoms with E-state index in [1.54, 1.807) is 9.80 Å². The molecule has 0 radical (unpaired) electrons. The maximum atomic E-state index is 12.5. The van der Waals surface area contributed by atoms with E-state index in [2.05, 4.69) is 6.92 Å². The predicted molar refractivity (Wildman–Crippen MR) is 99.8 cm³/mol. The third kappa shape index (κ3) is 5.93. The van der Waals surface area contributed by atoms with E-state index >= 15 is 0 Å². The maximum Gasteiger partial charge on any atom is 0.410 e. The number of hydrogen-bond donors (Lipinski definition) is 0. The van der Waals surface area contributed by atoms with Gasteiger partial charge in [-0.3, -0.25) is 0 Å². The van der Waals surface area contributed by atoms with E-state index in [9.17, 15) is 9.59 Å². The third-order valence-electron chi connectivity index (χ3n) is 4.20. The van der Waals surface area contributed by atoms with Crippen LogP contribution in [0.2, 0.25) is 0 Å². The molecule has 1 heterocycles. The van der Waals surface area contributed by atoms with E-state index in [0.717, 1.165) is 18.4 Å². The first kappa shape index (κ1) is 20.1. The van der Waals surface area contributed by atoms with Gasteiger partial charge in [-0.1, -0.05) is 43.7 Å². The molecule has 1 fully saturated rings. The number of nitrogens with zero attached hydrogens (tertiary/aromatic N) is 2. The standard InChI is InChI=1S/C20H30N2O4/c1-5-9-17-14-21(12-13-22(17)19(24)26-20(2,3)4)18(23)25-15-16-10-7-6-8-11-16/h6-8,10-11,17H,5,9,12-15H2,1-4H3/t17-/m1/s1. The molecule has 1 atom stereocenters. The van der Waals surface area contributed by atoms with Crippen LogP contribution < -0.4 is 0 Å². The molecule has 0 saturated carbocycles. The van der Waals surface area contributed by atoms with Gasteiger partial charge in [0, 0.05) is 19.6 Å². The minimum atomic E-state index is -0.528. The zero-order chi connectivity index (χ0) is 19.2. The first-order valence-corrected chi connectivity index (χ1v) is 9.25. The van der Waals surface area contributed by atoms with Crippen molar-refractivity contribution in [3.05, 3.63) is 35.9 Å². The first-order chi connectivity index (χ1) is 12.3. The average molecular weight is 362 g/mol. The van der Waals surface area contributed by atoms with Crippen LogP contribution in [0.15, 0.2) is 30.3 Å². The van der Waals surface area contributed by atoms with Crippen LogP contribution in [0.4, 0.5) is 9.59 Å². The normalized spacial score (nSPS) is 17.8. The predicted octanol–water partition coefficient (Wildman–Crippen LogP) is 4.04. The average Bonchev–Trinajstić information content (AvgIpc) is 2.59. The van der Waals surface area contributed by atoms with Crippen LogP contribution in [-0.2, 0) is 16.1 Å². The van der Waals surface area contributed by atoms with Crippen molar-refractivity contribution >= 4 is 12.2 Å². The highest BCUT2D eigenvalue weighted by Gasteiger charge is 2.34. The quantitative estimate of drug-likeness (QED) is 0.811. The largest absolute Gasteiger partial charge is 0.445 e. The molecule has 26 heavy (non-hydrogen) atoms. The summed E-state index contributed by atoms with van der Waals surface area (Å²) < 4.78 is 10.9. The zero-order valence-electron chi connectivity index (χ0n) is 16.2. The van der Waals surface area contributed by atoms with Gasteiger partial charge in [0.05, 0.1) is 6.04 Å². The monoisotopic (exact) mass is 362 g/mol. The summed E-state index contributed by atoms with van der Waals surface area (Å²) >= 11 is 0. The molecule has 0 spiro atoms. The fourth-order valence-electron chi connectivity index (χ4n) is 2.97. The SMILES string of the molecule is CCC[C@@H]1CN(C(=O)OCc2ccccc2)CCN1C(=O)OC(C)(C)C. The van der Waals surface area contributed by atoms with E-state index in [1.807, 2.05) is 51.1 Å². The van der Waals surface area contributed by atoms with Crippen molar-refractivity contribution in [1.82, 2.24) is 9.80 Å². The van der Waals surface area contributed by atoms with Crippen molar-refractivity contribution < 1.29 is 19.1 Å². The smallest absolute Gasteiger partial charge is 0.410 e. The molecule has 1 aromatic carbocycles. The van der Waals surface area contributed by atoms with Crippen molar-refractivity contribution in [3.8, 4) is 0 Å². The van der Waals surface area contributed by atoms with Crippen molar-refractivity contribution in [2.45, 2.75) is 58.8 Å². The van der Waals surface area contributed by atoms with E-state index in [1.165, 1.54) is 0 Å². The molecule has 0 aromatic heterocycles. The van der Waals surface area contributed by atoms with Crippen LogP contribution in [0, 0.1) is 0 Å². The second-order valence-electron chi connectivity index (χ2n) is 7.60. The number of amides is 2. The Morgan fingerprint density at radius 3 is 2.42 bits per heavy atom. The van der Waals surface area contributed by atoms with Gasteiger partial charge in [0.1, 0.15) is 12.2 Å². The number of benzene rings is 1. The Kier molecular flexibility index (Phi) is 6.89. The number of carbonyl (C=O) groups excluding carboxylic acids is 2. The van der Waals surface area contributed by atoms with Crippen LogP contribution in [0.1, 0.15) is 46.1 Å². The van der Waals surface area contributed by atoms with Crippen LogP contribution in [0.3, 0.4) is 0 Å². The van der Waals surface area contributed by atoms with Gasteiger partial charge >= 0.3 is 12.2 Å². The summed E-state index contributed by atoms with van der Waals surface area (Å²) in [5, 5.41) is 0. The minimum absolute atomic E-state index is 0.0483. The summed E-state index contributed by atoms with van der Waals surface area (Å²) in [6.45, 7) is 9.28. The van der Waals surface area contributed by atoms with Gasteiger partial charge in [-0.15, -0.1) is 0 Å². The molecule has 1 aliphatic rings. The number of ether oxygens (including phenoxy) is 2. The molecule has 0 aliphatic carbocycles. The molecule has 2 rings (SSSR count). The lowest BCUT2D eigenvalue weighted by atomic mass is 10.1. The molecule has 6 heteroatoms. The number of rotatable bonds is 4. The van der Waals surface area contributed by atoms with Gasteiger partial charge < -0.3 is 19.3 Å². The molecule has 6 nitrogen and oxygen atoms in total. The summed E-state index contributed by atoms with van der Waals surface area (Å²) in [6.07, 6.45) is 1.10. The Bertz CT molecular complexity index is 598. The summed E-state index contributed by atoms with van der Waals surface area (Å²) in [5.41, 5.74) is 0.429. The van der Waals surface area contributed by atoms with Crippen LogP contribution in [-0.4, -0.2) is 53.3 Å². The van der Waals surface area contributed by atoms with Gasteiger partial charge in [0.15, 0.2) is 0 Å². The van der Waals surface area contributed by atoms with Crippen molar-refractivity contribution in [2.75, 3.05) is 19.6 Å². The lowest BCUT2D eigenvalue weighted by molar-refractivity contribution is -0.00448. The Labute approximate surface area is 156 Å². The second-order valence-corrected chi connectivity index (χ2v) is 7.60. The number of piperazine rings is 1. The van der Waals surface area contributed by atoms with Gasteiger partial charge in [0.25, 0.3) is 0 Å². The lowest BCUT2D eigenvalue weighted by Gasteiger charge is -2.41. The Hall–Kier alpha value is -2.24. The molecule has 144 valence electrons. The van der Waals surface area contributed by atoms with Gasteiger partial charge in [-0.25, -0.2) is 9.59 Å². The second kappa shape index (κ2) is 8.92. The molecular formula is C20H30N2O4. The van der Waals surface area contributed by atoms with Crippen molar-refractivity contribution in [3.63, 3.8) is 0 Å². The fourth-order valence-corrected chi connectivity index (χ4v) is 2.97. The Balaban J connectivity index is 1.93. The van der Waals surface area contributed by atoms with Gasteiger partial charge in [-0.05, 0) is 32.8 Å². The molecule has 1 saturated heterocycles. The van der Waals surface area contributed by atoms with Crippen LogP contribution in [0.25, 0.3) is 0 Å². The third-order valence-corrected chi connectivity index (χ3v) is 4.20. The van der Waals surface area contributed by atoms with Crippen LogP contribution >= 0.6 is 0 Å². The van der Waals surface area contributed by atoms with Crippen LogP contribution in [0.5, 0.6) is 0 Å². The molecule has 0 N–H and O–H groups in total. The van der Waals surface area contributed by atoms with Gasteiger partial charge in [0.2, 0.25) is 0 Å². The van der Waals surface area contributed by atoms with E-state index in [-0.39, 0.29) is 24.8 Å². The highest BCUT2D eigenvalue weighted by molar-refractivity contribution is 5.71. The van der Waals surface area contributed by atoms with Crippen molar-refractivity contribution in [2.24, 2.45) is 0 Å². The maximum absolute atomic E-state index is 12.5. The number of carbonyl (C=O) groups is 2. The highest BCUT2D eigenvalue weighted by Crippen LogP contribution is 2.19. The summed E-state index contributed by atoms with van der Waals surface area (Å²) in [5.74, 6) is 0. The number of hydrogen-bond acceptors (Lipinski definition) is 4. The highest BCUT2D eigenvalue weighted by atomic mass is 16.6. The summed E-state index contributed by atoms with van der Waals surface area (Å²) in [7, 11) is 0. The van der Waals surface area contributed by atoms with E-state index in [4.69, 9.17) is 9.47 Å². The summed E-state index contributed by atoms with van der Waals surface area (Å²) in [6, 6.07) is 9.56. The molecule has 0 unspecified atom stereocenters. The van der Waals surface area contributed by atoms with Crippen molar-refractivity contribution in [1.29, 1.82) is 0 Å². The summed E-state index contributed by atoms with van der Waals surface area (Å²) in [4.78, 5) is 28.3. The van der Waals surface area contributed by atoms with E-state index < -0.39 is 5.60 Å². The fraction of sp³-hybridized carbons (Fsp3) is 0.600. The lowest BCUT2D eigenvalue weighted by Crippen LogP contribution is -2.57. The Morgan fingerprint density at radius 1 is 1.12 bits per heavy atom. The first-order valence-electron chi connectivity index (χ1n) is 9.25. The molecule has 2 amide bonds. The Morgan fingerprint density at radius 2 is 1.81 bits per heavy atom. The molecular weight excluding hydrogens is 332 g/mol. The molecule has 0 bridgehead atoms. The molecule has 1 aliphatic heterocycles. The van der Waals surface area contributed by atoms with Gasteiger partial charge in [-0.2, -0.15) is 0 Å². The van der Waals surface area contributed by atoms with E-state index in [0.29, 0.717) is 19.6 Å². The molecule has 1 aromatic rings. The zero-order valence-corrected chi connectivity index (χ0v) is 16.2.